The lowest BCUT2D eigenvalue weighted by molar-refractivity contribution is -0.125. The van der Waals surface area contributed by atoms with Crippen molar-refractivity contribution in [2.45, 2.75) is 52.6 Å². The number of urea groups is 1. The van der Waals surface area contributed by atoms with Gasteiger partial charge in [-0.1, -0.05) is 20.8 Å². The van der Waals surface area contributed by atoms with E-state index < -0.39 is 6.04 Å². The zero-order chi connectivity index (χ0) is 18.2. The van der Waals surface area contributed by atoms with Crippen LogP contribution in [0.15, 0.2) is 0 Å². The third kappa shape index (κ3) is 7.34. The molecule has 23 heavy (non-hydrogen) atoms. The Bertz CT molecular complexity index is 412. The summed E-state index contributed by atoms with van der Waals surface area (Å²) in [5, 5.41) is 5.43. The highest BCUT2D eigenvalue weighted by Gasteiger charge is 2.29. The molecule has 0 aliphatic rings. The van der Waals surface area contributed by atoms with Crippen LogP contribution >= 0.6 is 0 Å². The molecule has 7 heteroatoms. The number of likely N-dealkylation sites (N-methyl/N-ethyl adjacent to an activating group) is 3. The molecule has 0 unspecified atom stereocenters. The van der Waals surface area contributed by atoms with Crippen LogP contribution in [0.2, 0.25) is 0 Å². The molecule has 0 bridgehead atoms. The van der Waals surface area contributed by atoms with Gasteiger partial charge in [-0.3, -0.25) is 9.59 Å². The van der Waals surface area contributed by atoms with E-state index in [1.807, 2.05) is 20.8 Å². The summed E-state index contributed by atoms with van der Waals surface area (Å²) in [5.74, 6) is 0.0747. The molecule has 0 radical (unpaired) electrons. The molecule has 0 aromatic rings. The molecule has 0 saturated carbocycles. The van der Waals surface area contributed by atoms with Crippen molar-refractivity contribution < 1.29 is 14.4 Å². The Morgan fingerprint density at radius 1 is 1.09 bits per heavy atom. The number of hydrogen-bond acceptors (Lipinski definition) is 3. The smallest absolute Gasteiger partial charge is 0.320 e. The summed E-state index contributed by atoms with van der Waals surface area (Å²) in [4.78, 5) is 39.0. The molecule has 2 N–H and O–H groups in total. The zero-order valence-electron chi connectivity index (χ0n) is 15.5. The topological polar surface area (TPSA) is 81.8 Å². The molecule has 0 aliphatic heterocycles. The van der Waals surface area contributed by atoms with E-state index in [0.717, 1.165) is 0 Å². The van der Waals surface area contributed by atoms with Gasteiger partial charge in [-0.2, -0.15) is 0 Å². The number of amides is 4. The van der Waals surface area contributed by atoms with E-state index in [1.54, 1.807) is 28.1 Å². The van der Waals surface area contributed by atoms with Crippen molar-refractivity contribution in [3.63, 3.8) is 0 Å². The first kappa shape index (κ1) is 21.2. The molecule has 134 valence electrons. The second-order valence-corrected chi connectivity index (χ2v) is 6.36. The van der Waals surface area contributed by atoms with Crippen molar-refractivity contribution in [2.24, 2.45) is 5.92 Å². The summed E-state index contributed by atoms with van der Waals surface area (Å²) in [7, 11) is 4.88. The maximum Gasteiger partial charge on any atom is 0.320 e. The van der Waals surface area contributed by atoms with Gasteiger partial charge in [-0.25, -0.2) is 4.79 Å². The highest BCUT2D eigenvalue weighted by Crippen LogP contribution is 2.12. The molecule has 0 aromatic heterocycles. The highest BCUT2D eigenvalue weighted by molar-refractivity contribution is 5.86. The van der Waals surface area contributed by atoms with Gasteiger partial charge >= 0.3 is 6.03 Å². The van der Waals surface area contributed by atoms with Crippen LogP contribution < -0.4 is 10.6 Å². The molecular weight excluding hydrogens is 296 g/mol. The van der Waals surface area contributed by atoms with E-state index in [1.165, 1.54) is 9.80 Å². The normalized spacial score (nSPS) is 13.2. The third-order valence-electron chi connectivity index (χ3n) is 3.62. The Balaban J connectivity index is 4.81. The van der Waals surface area contributed by atoms with Crippen molar-refractivity contribution >= 4 is 17.8 Å². The summed E-state index contributed by atoms with van der Waals surface area (Å²) < 4.78 is 0. The maximum atomic E-state index is 12.5. The van der Waals surface area contributed by atoms with Crippen molar-refractivity contribution in [2.75, 3.05) is 27.7 Å². The third-order valence-corrected chi connectivity index (χ3v) is 3.62. The second-order valence-electron chi connectivity index (χ2n) is 6.36. The van der Waals surface area contributed by atoms with E-state index in [-0.39, 0.29) is 23.9 Å². The molecule has 0 aromatic carbocycles. The lowest BCUT2D eigenvalue weighted by atomic mass is 10.0. The lowest BCUT2D eigenvalue weighted by Crippen LogP contribution is -2.53. The Kier molecular flexibility index (Phi) is 9.29. The van der Waals surface area contributed by atoms with Gasteiger partial charge in [0.15, 0.2) is 0 Å². The van der Waals surface area contributed by atoms with Crippen molar-refractivity contribution in [1.82, 2.24) is 20.4 Å². The van der Waals surface area contributed by atoms with Crippen molar-refractivity contribution in [1.29, 1.82) is 0 Å². The number of nitrogens with zero attached hydrogens (tertiary/aromatic N) is 2. The standard InChI is InChI=1S/C16H32N4O3/c1-8-14(21)18-12(4)10-19(6)16(23)20(7)13(9-11(2)3)15(22)17-5/h11-13H,8-10H2,1-7H3,(H,17,22)(H,18,21)/t12-,13+/m1/s1. The monoisotopic (exact) mass is 328 g/mol. The van der Waals surface area contributed by atoms with E-state index in [4.69, 9.17) is 0 Å². The summed E-state index contributed by atoms with van der Waals surface area (Å²) in [6.07, 6.45) is 1.01. The van der Waals surface area contributed by atoms with Crippen molar-refractivity contribution in [3.05, 3.63) is 0 Å². The molecule has 0 rings (SSSR count). The minimum Gasteiger partial charge on any atom is -0.357 e. The van der Waals surface area contributed by atoms with Crippen LogP contribution in [-0.4, -0.2) is 67.4 Å². The minimum absolute atomic E-state index is 0.0465. The van der Waals surface area contributed by atoms with Gasteiger partial charge in [0.05, 0.1) is 0 Å². The van der Waals surface area contributed by atoms with Crippen LogP contribution in [0.1, 0.15) is 40.5 Å². The molecule has 0 saturated heterocycles. The van der Waals surface area contributed by atoms with Crippen LogP contribution in [0.5, 0.6) is 0 Å². The predicted octanol–water partition coefficient (Wildman–Crippen LogP) is 1.05. The summed E-state index contributed by atoms with van der Waals surface area (Å²) in [6, 6.07) is -0.888. The minimum atomic E-state index is -0.504. The first-order valence-corrected chi connectivity index (χ1v) is 8.12. The van der Waals surface area contributed by atoms with Gasteiger partial charge in [-0.15, -0.1) is 0 Å². The quantitative estimate of drug-likeness (QED) is 0.698. The van der Waals surface area contributed by atoms with Crippen LogP contribution in [-0.2, 0) is 9.59 Å². The van der Waals surface area contributed by atoms with Crippen LogP contribution in [0, 0.1) is 5.92 Å². The number of carbonyl (C=O) groups excluding carboxylic acids is 3. The van der Waals surface area contributed by atoms with Crippen molar-refractivity contribution in [3.8, 4) is 0 Å². The molecule has 2 atom stereocenters. The van der Waals surface area contributed by atoms with E-state index in [2.05, 4.69) is 10.6 Å². The fraction of sp³-hybridized carbons (Fsp3) is 0.812. The second kappa shape index (κ2) is 10.1. The largest absolute Gasteiger partial charge is 0.357 e. The summed E-state index contributed by atoms with van der Waals surface area (Å²) >= 11 is 0. The maximum absolute atomic E-state index is 12.5. The Hall–Kier alpha value is -1.79. The fourth-order valence-corrected chi connectivity index (χ4v) is 2.37. The summed E-state index contributed by atoms with van der Waals surface area (Å²) in [5.41, 5.74) is 0. The Labute approximate surface area is 139 Å². The molecule has 7 nitrogen and oxygen atoms in total. The average molecular weight is 328 g/mol. The zero-order valence-corrected chi connectivity index (χ0v) is 15.5. The van der Waals surface area contributed by atoms with Gasteiger partial charge in [0.2, 0.25) is 11.8 Å². The van der Waals surface area contributed by atoms with Gasteiger partial charge in [0.1, 0.15) is 6.04 Å². The van der Waals surface area contributed by atoms with Gasteiger partial charge in [0.25, 0.3) is 0 Å². The van der Waals surface area contributed by atoms with Gasteiger partial charge in [-0.05, 0) is 19.3 Å². The van der Waals surface area contributed by atoms with Crippen LogP contribution in [0.3, 0.4) is 0 Å². The lowest BCUT2D eigenvalue weighted by Gasteiger charge is -2.32. The van der Waals surface area contributed by atoms with Gasteiger partial charge < -0.3 is 20.4 Å². The average Bonchev–Trinajstić information content (AvgIpc) is 2.49. The van der Waals surface area contributed by atoms with Gasteiger partial charge in [0, 0.05) is 40.2 Å². The first-order chi connectivity index (χ1) is 10.6. The number of carbonyl (C=O) groups is 3. The molecule has 0 heterocycles. The Morgan fingerprint density at radius 2 is 1.65 bits per heavy atom. The SMILES string of the molecule is CCC(=O)N[C@H](C)CN(C)C(=O)N(C)[C@@H](CC(C)C)C(=O)NC. The fourth-order valence-electron chi connectivity index (χ4n) is 2.37. The predicted molar refractivity (Wildman–Crippen MR) is 91.0 cm³/mol. The molecule has 0 aliphatic carbocycles. The molecule has 0 fully saturated rings. The number of rotatable bonds is 8. The summed E-state index contributed by atoms with van der Waals surface area (Å²) in [6.45, 7) is 8.05. The number of hydrogen-bond donors (Lipinski definition) is 2. The van der Waals surface area contributed by atoms with E-state index >= 15 is 0 Å². The first-order valence-electron chi connectivity index (χ1n) is 8.12. The molecule has 0 spiro atoms. The van der Waals surface area contributed by atoms with E-state index in [0.29, 0.717) is 25.3 Å². The molecular formula is C16H32N4O3. The number of nitrogens with one attached hydrogen (secondary N) is 2. The Morgan fingerprint density at radius 3 is 2.09 bits per heavy atom. The van der Waals surface area contributed by atoms with Crippen LogP contribution in [0.4, 0.5) is 4.79 Å². The molecule has 4 amide bonds. The highest BCUT2D eigenvalue weighted by atomic mass is 16.2. The van der Waals surface area contributed by atoms with E-state index in [9.17, 15) is 14.4 Å². The van der Waals surface area contributed by atoms with Crippen LogP contribution in [0.25, 0.3) is 0 Å².